The van der Waals surface area contributed by atoms with Crippen LogP contribution in [0.1, 0.15) is 119 Å². The Morgan fingerprint density at radius 2 is 1.31 bits per heavy atom. The molecule has 582 valence electrons. The Morgan fingerprint density at radius 1 is 0.694 bits per heavy atom. The van der Waals surface area contributed by atoms with E-state index >= 15 is 19.2 Å². The summed E-state index contributed by atoms with van der Waals surface area (Å²) in [4.78, 5) is 203. The molecular formula is C71H95N19O16S2. The lowest BCUT2D eigenvalue weighted by atomic mass is 9.95. The maximum absolute atomic E-state index is 15.3. The van der Waals surface area contributed by atoms with Crippen molar-refractivity contribution in [2.24, 2.45) is 28.9 Å². The molecule has 2 aliphatic heterocycles. The number of aromatic amines is 1. The van der Waals surface area contributed by atoms with Crippen LogP contribution in [0.2, 0.25) is 0 Å². The van der Waals surface area contributed by atoms with Crippen LogP contribution in [0.5, 0.6) is 5.75 Å². The maximum atomic E-state index is 15.3. The summed E-state index contributed by atoms with van der Waals surface area (Å²) in [5.41, 5.74) is 24.9. The Bertz CT molecular complexity index is 3960. The molecule has 3 fully saturated rings. The predicted octanol–water partition coefficient (Wildman–Crippen LogP) is -2.17. The van der Waals surface area contributed by atoms with E-state index in [1.165, 1.54) is 35.2 Å². The van der Waals surface area contributed by atoms with E-state index in [2.05, 4.69) is 69.5 Å². The molecule has 3 aromatic carbocycles. The van der Waals surface area contributed by atoms with Crippen molar-refractivity contribution in [1.82, 2.24) is 68.4 Å². The molecule has 11 atom stereocenters. The van der Waals surface area contributed by atoms with Crippen molar-refractivity contribution >= 4 is 121 Å². The molecule has 1 saturated carbocycles. The van der Waals surface area contributed by atoms with Gasteiger partial charge in [0.1, 0.15) is 66.2 Å². The molecule has 3 heterocycles. The van der Waals surface area contributed by atoms with Crippen LogP contribution in [0.4, 0.5) is 0 Å². The summed E-state index contributed by atoms with van der Waals surface area (Å²) in [5.74, 6) is -15.1. The molecule has 35 nitrogen and oxygen atoms in total. The van der Waals surface area contributed by atoms with Crippen molar-refractivity contribution in [3.8, 4) is 11.8 Å². The standard InChI is InChI=1S/C71H95N19O16S2/c1-38(73)30-58(94)90-29-9-17-55(90)69(105)85-50(31-39-18-20-44(91)21-19-39)65(101)88-54-37-108-107-36-53(61(75)97)87-64(100)49(23-25-59(95)96)83-67(103)52(33-43-35-80-46-15-7-6-14-45(43)46)84-63(99)48(22-24-56(74)92)81-57(93)26-28-78-62(98)47(16-8-27-79-71(76)77)82-66(102)51(32-41-12-4-5-13-42(41)34-72)86-70(106)60(89-68(54)104)40-10-2-3-11-40/h4-7,12-15,18-21,35,38,40,47-55,60,80,91H,2-3,8-11,16-17,22-33,36-37,73H2,1H3,(H2,74,92)(H2,75,97)(H,78,98)(H,81,93)(H,82,102)(H,83,103)(H,84,99)(H,85,105)(H,86,106)(H,87,100)(H,88,101)(H,89,104)(H,95,96)(H4,76,77,79)/t38-,47+,48+,49+,50+,51+,52+,53-,54+,55+,60+/m1/s1. The van der Waals surface area contributed by atoms with Gasteiger partial charge in [0, 0.05) is 99.2 Å². The van der Waals surface area contributed by atoms with Gasteiger partial charge in [-0.25, -0.2) is 0 Å². The summed E-state index contributed by atoms with van der Waals surface area (Å²) in [7, 11) is 1.72. The number of primary amides is 2. The highest BCUT2D eigenvalue weighted by Gasteiger charge is 2.41. The van der Waals surface area contributed by atoms with E-state index in [0.717, 1.165) is 21.6 Å². The van der Waals surface area contributed by atoms with Crippen molar-refractivity contribution in [2.45, 2.75) is 183 Å². The fourth-order valence-electron chi connectivity index (χ4n) is 12.8. The summed E-state index contributed by atoms with van der Waals surface area (Å²) < 4.78 is 0. The van der Waals surface area contributed by atoms with Crippen LogP contribution in [0.25, 0.3) is 10.9 Å². The average Bonchev–Trinajstić information content (AvgIpc) is 1.62. The quantitative estimate of drug-likeness (QED) is 0.0154. The Labute approximate surface area is 630 Å². The van der Waals surface area contributed by atoms with E-state index in [1.54, 1.807) is 55.6 Å². The molecule has 4 aromatic rings. The number of carboxylic acid groups (broad SMARTS) is 1. The molecule has 13 amide bonds. The summed E-state index contributed by atoms with van der Waals surface area (Å²) in [6.45, 7) is 1.45. The smallest absolute Gasteiger partial charge is 0.303 e. The highest BCUT2D eigenvalue weighted by Crippen LogP contribution is 2.30. The molecule has 108 heavy (non-hydrogen) atoms. The number of aromatic hydroxyl groups is 1. The topological polar surface area (TPSA) is 583 Å². The maximum Gasteiger partial charge on any atom is 0.303 e. The van der Waals surface area contributed by atoms with E-state index in [9.17, 15) is 63.4 Å². The van der Waals surface area contributed by atoms with E-state index in [-0.39, 0.29) is 80.8 Å². The van der Waals surface area contributed by atoms with Gasteiger partial charge in [0.25, 0.3) is 0 Å². The fraction of sp³-hybridized carbons (Fsp3) is 0.493. The molecule has 2 saturated heterocycles. The van der Waals surface area contributed by atoms with E-state index in [0.29, 0.717) is 54.1 Å². The number of hydrogen-bond donors (Lipinski definition) is 19. The molecule has 0 radical (unpaired) electrons. The van der Waals surface area contributed by atoms with Crippen LogP contribution < -0.4 is 81.4 Å². The minimum Gasteiger partial charge on any atom is -0.508 e. The first-order valence-corrected chi connectivity index (χ1v) is 38.0. The Hall–Kier alpha value is -11.0. The van der Waals surface area contributed by atoms with Crippen LogP contribution in [-0.2, 0) is 86.4 Å². The van der Waals surface area contributed by atoms with Gasteiger partial charge < -0.3 is 102 Å². The van der Waals surface area contributed by atoms with Crippen LogP contribution in [0, 0.1) is 22.7 Å². The number of carboxylic acids is 1. The number of hydrogen-bond acceptors (Lipinski definition) is 20. The first-order chi connectivity index (χ1) is 51.6. The minimum absolute atomic E-state index is 0.0340. The van der Waals surface area contributed by atoms with Gasteiger partial charge in [0.2, 0.25) is 76.8 Å². The highest BCUT2D eigenvalue weighted by atomic mass is 33.1. The molecule has 3 aliphatic rings. The number of nitrogens with zero attached hydrogens (tertiary/aromatic N) is 2. The van der Waals surface area contributed by atoms with Crippen molar-refractivity contribution in [1.29, 1.82) is 10.7 Å². The lowest BCUT2D eigenvalue weighted by Gasteiger charge is -2.30. The number of benzene rings is 3. The second-order valence-corrected chi connectivity index (χ2v) is 29.4. The number of carbonyl (C=O) groups excluding carboxylic acids is 13. The number of H-pyrrole nitrogens is 1. The number of likely N-dealkylation sites (tertiary alicyclic amines) is 1. The number of para-hydroxylation sites is 1. The number of nitriles is 1. The lowest BCUT2D eigenvalue weighted by Crippen LogP contribution is -2.61. The van der Waals surface area contributed by atoms with Gasteiger partial charge in [0.15, 0.2) is 5.96 Å². The van der Waals surface area contributed by atoms with Crippen LogP contribution >= 0.6 is 21.6 Å². The van der Waals surface area contributed by atoms with Gasteiger partial charge in [0.05, 0.1) is 11.6 Å². The number of guanidine groups is 1. The summed E-state index contributed by atoms with van der Waals surface area (Å²) >= 11 is 0. The van der Waals surface area contributed by atoms with E-state index < -0.39 is 205 Å². The molecule has 37 heteroatoms. The predicted molar refractivity (Wildman–Crippen MR) is 397 cm³/mol. The van der Waals surface area contributed by atoms with E-state index in [1.807, 2.05) is 0 Å². The average molecular weight is 1530 g/mol. The number of amides is 13. The zero-order valence-electron chi connectivity index (χ0n) is 59.6. The number of aliphatic carboxylic acids is 1. The molecular weight excluding hydrogens is 1440 g/mol. The Balaban J connectivity index is 1.29. The lowest BCUT2D eigenvalue weighted by molar-refractivity contribution is -0.140. The molecule has 0 spiro atoms. The summed E-state index contributed by atoms with van der Waals surface area (Å²) in [6.07, 6.45) is 0.443. The Morgan fingerprint density at radius 3 is 1.97 bits per heavy atom. The number of fused-ring (bicyclic) bond motifs is 1. The molecule has 1 aliphatic carbocycles. The molecule has 23 N–H and O–H groups in total. The summed E-state index contributed by atoms with van der Waals surface area (Å²) in [5, 5.41) is 67.7. The van der Waals surface area contributed by atoms with Crippen molar-refractivity contribution in [3.05, 3.63) is 101 Å². The Kier molecular flexibility index (Phi) is 32.6. The van der Waals surface area contributed by atoms with Gasteiger partial charge >= 0.3 is 5.97 Å². The largest absolute Gasteiger partial charge is 0.508 e. The van der Waals surface area contributed by atoms with Crippen LogP contribution in [0.3, 0.4) is 0 Å². The minimum atomic E-state index is -1.75. The normalized spacial score (nSPS) is 22.9. The highest BCUT2D eigenvalue weighted by molar-refractivity contribution is 8.76. The SMILES string of the molecule is C[C@@H](N)CC(=O)N1CCC[C@H]1C(=O)N[C@@H](Cc1ccc(O)cc1)C(=O)N[C@H]1CSSC[C@H](C(N)=O)NC(=O)[C@H](CCC(=O)O)NC(=O)[C@H](Cc2c[nH]c3ccccc23)NC(=O)[C@H](CCC(N)=O)NC(=O)CCNC(=O)[C@H](CCCNC(=N)N)NC(=O)[C@H](Cc2ccccc2C#N)NC(=O)[C@H](C2CCCC2)NC1=O. The van der Waals surface area contributed by atoms with Crippen molar-refractivity contribution in [2.75, 3.05) is 31.1 Å². The van der Waals surface area contributed by atoms with Crippen LogP contribution in [0.15, 0.2) is 79.0 Å². The van der Waals surface area contributed by atoms with Crippen LogP contribution in [-0.4, -0.2) is 206 Å². The number of nitrogens with one attached hydrogen (secondary N) is 13. The number of nitrogens with two attached hydrogens (primary N) is 4. The fourth-order valence-corrected chi connectivity index (χ4v) is 15.1. The zero-order valence-corrected chi connectivity index (χ0v) is 61.3. The van der Waals surface area contributed by atoms with Gasteiger partial charge in [-0.2, -0.15) is 5.26 Å². The molecule has 1 aromatic heterocycles. The first-order valence-electron chi connectivity index (χ1n) is 35.5. The number of rotatable bonds is 24. The zero-order chi connectivity index (χ0) is 78.6. The molecule has 7 rings (SSSR count). The second-order valence-electron chi connectivity index (χ2n) is 26.8. The first kappa shape index (κ1) is 84.3. The molecule has 0 unspecified atom stereocenters. The number of phenols is 1. The number of carbonyl (C=O) groups is 14. The number of aromatic nitrogens is 1. The third-order valence-electron chi connectivity index (χ3n) is 18.5. The second kappa shape index (κ2) is 41.8. The molecule has 0 bridgehead atoms. The number of phenolic OH excluding ortho intramolecular Hbond substituents is 1. The van der Waals surface area contributed by atoms with Gasteiger partial charge in [-0.1, -0.05) is 83.0 Å². The third kappa shape index (κ3) is 26.2. The van der Waals surface area contributed by atoms with Gasteiger partial charge in [-0.3, -0.25) is 72.5 Å². The van der Waals surface area contributed by atoms with Gasteiger partial charge in [-0.05, 0) is 105 Å². The van der Waals surface area contributed by atoms with Crippen molar-refractivity contribution < 1.29 is 77.3 Å². The monoisotopic (exact) mass is 1530 g/mol. The summed E-state index contributed by atoms with van der Waals surface area (Å²) in [6, 6.07) is 5.11. The third-order valence-corrected chi connectivity index (χ3v) is 20.9. The van der Waals surface area contributed by atoms with Crippen molar-refractivity contribution in [3.63, 3.8) is 0 Å². The van der Waals surface area contributed by atoms with Gasteiger partial charge in [-0.15, -0.1) is 0 Å². The van der Waals surface area contributed by atoms with E-state index in [4.69, 9.17) is 28.3 Å².